The van der Waals surface area contributed by atoms with Gasteiger partial charge in [0.2, 0.25) is 17.2 Å². The molecule has 0 atom stereocenters. The van der Waals surface area contributed by atoms with Gasteiger partial charge in [-0.3, -0.25) is 0 Å². The van der Waals surface area contributed by atoms with Gasteiger partial charge in [-0.2, -0.15) is 15.0 Å². The van der Waals surface area contributed by atoms with Crippen LogP contribution in [0.25, 0.3) is 0 Å². The van der Waals surface area contributed by atoms with Crippen molar-refractivity contribution in [2.75, 3.05) is 35.8 Å². The number of halogens is 1. The molecule has 15 heteroatoms. The van der Waals surface area contributed by atoms with Gasteiger partial charge in [0, 0.05) is 24.2 Å². The molecule has 0 unspecified atom stereocenters. The Bertz CT molecular complexity index is 1200. The summed E-state index contributed by atoms with van der Waals surface area (Å²) in [4.78, 5) is 13.0. The summed E-state index contributed by atoms with van der Waals surface area (Å²) in [6, 6.07) is 11.0. The van der Waals surface area contributed by atoms with Gasteiger partial charge >= 0.3 is 0 Å². The van der Waals surface area contributed by atoms with Gasteiger partial charge in [0.15, 0.2) is 9.84 Å². The predicted molar refractivity (Wildman–Crippen MR) is 123 cm³/mol. The fourth-order valence-electron chi connectivity index (χ4n) is 2.53. The van der Waals surface area contributed by atoms with Crippen LogP contribution in [0.4, 0.5) is 29.0 Å². The molecule has 2 aromatic carbocycles. The van der Waals surface area contributed by atoms with E-state index in [4.69, 9.17) is 27.3 Å². The summed E-state index contributed by atoms with van der Waals surface area (Å²) in [7, 11) is -1.99. The average Bonchev–Trinajstić information content (AvgIpc) is 2.77. The lowest BCUT2D eigenvalue weighted by Crippen LogP contribution is -2.11. The molecule has 0 spiro atoms. The molecule has 0 aliphatic carbocycles. The van der Waals surface area contributed by atoms with Crippen LogP contribution in [0.3, 0.4) is 0 Å². The number of nitrogens with one attached hydrogen (secondary N) is 2. The molecule has 5 N–H and O–H groups in total. The molecule has 0 fully saturated rings. The normalized spacial score (nSPS) is 11.4. The topological polar surface area (TPSA) is 171 Å². The first kappa shape index (κ1) is 24.9. The van der Waals surface area contributed by atoms with Crippen LogP contribution in [-0.4, -0.2) is 48.1 Å². The van der Waals surface area contributed by atoms with E-state index in [1.165, 1.54) is 19.2 Å². The number of anilines is 5. The minimum absolute atomic E-state index is 0.0672. The van der Waals surface area contributed by atoms with Crippen molar-refractivity contribution in [1.29, 1.82) is 0 Å². The second-order valence-corrected chi connectivity index (χ2v) is 9.51. The Morgan fingerprint density at radius 2 is 1.70 bits per heavy atom. The van der Waals surface area contributed by atoms with Crippen LogP contribution in [0.2, 0.25) is 5.28 Å². The highest BCUT2D eigenvalue weighted by Crippen LogP contribution is 2.29. The molecule has 0 aliphatic heterocycles. The smallest absolute Gasteiger partial charge is 0.233 e. The number of nitrogens with two attached hydrogens (primary N) is 1. The van der Waals surface area contributed by atoms with Crippen molar-refractivity contribution in [2.24, 2.45) is 0 Å². The molecule has 0 amide bonds. The van der Waals surface area contributed by atoms with Crippen LogP contribution in [-0.2, 0) is 23.9 Å². The Balaban J connectivity index is 1.72. The molecule has 0 bridgehead atoms. The second-order valence-electron chi connectivity index (χ2n) is 6.32. The third-order valence-corrected chi connectivity index (χ3v) is 6.60. The van der Waals surface area contributed by atoms with Crippen molar-refractivity contribution in [3.05, 3.63) is 47.7 Å². The number of benzene rings is 2. The zero-order chi connectivity index (χ0) is 23.8. The van der Waals surface area contributed by atoms with Gasteiger partial charge in [0.05, 0.1) is 34.2 Å². The summed E-state index contributed by atoms with van der Waals surface area (Å²) >= 11 is 6.75. The van der Waals surface area contributed by atoms with Crippen molar-refractivity contribution < 1.29 is 27.8 Å². The molecule has 0 saturated heterocycles. The Morgan fingerprint density at radius 1 is 1.06 bits per heavy atom. The van der Waals surface area contributed by atoms with Gasteiger partial charge in [0.1, 0.15) is 0 Å². The summed E-state index contributed by atoms with van der Waals surface area (Å²) in [5.41, 5.74) is 7.38. The molecular weight excluding hydrogens is 496 g/mol. The zero-order valence-corrected chi connectivity index (χ0v) is 19.4. The van der Waals surface area contributed by atoms with E-state index < -0.39 is 9.84 Å². The highest BCUT2D eigenvalue weighted by molar-refractivity contribution is 7.94. The first-order chi connectivity index (χ1) is 15.8. The molecule has 33 heavy (non-hydrogen) atoms. The Morgan fingerprint density at radius 3 is 2.30 bits per heavy atom. The number of rotatable bonds is 11. The quantitative estimate of drug-likeness (QED) is 0.127. The molecule has 0 saturated carbocycles. The average molecular weight is 515 g/mol. The number of ether oxygens (including phenoxy) is 1. The standard InChI is InChI=1S/C18H19ClN6O6S2/c1-29-8-9-33(27,28)13-5-2-11(3-6-13)21-17-23-16(19)24-18(25-17)22-12-4-7-15(14(20)10-12)32-31-30-26/h2-7,10,26H,8-9,20H2,1H3,(H2,21,22,23,24,25). The maximum absolute atomic E-state index is 12.2. The lowest BCUT2D eigenvalue weighted by Gasteiger charge is -2.10. The zero-order valence-electron chi connectivity index (χ0n) is 17.1. The molecule has 12 nitrogen and oxygen atoms in total. The Hall–Kier alpha value is -2.72. The largest absolute Gasteiger partial charge is 0.398 e. The second kappa shape index (κ2) is 11.4. The summed E-state index contributed by atoms with van der Waals surface area (Å²) < 4.78 is 33.7. The maximum Gasteiger partial charge on any atom is 0.233 e. The van der Waals surface area contributed by atoms with Crippen LogP contribution < -0.4 is 16.4 Å². The number of hydrogen-bond donors (Lipinski definition) is 4. The van der Waals surface area contributed by atoms with Crippen LogP contribution in [0.5, 0.6) is 0 Å². The predicted octanol–water partition coefficient (Wildman–Crippen LogP) is 3.44. The van der Waals surface area contributed by atoms with Crippen molar-refractivity contribution in [3.63, 3.8) is 0 Å². The van der Waals surface area contributed by atoms with E-state index in [9.17, 15) is 8.42 Å². The Kier molecular flexibility index (Phi) is 8.62. The van der Waals surface area contributed by atoms with Gasteiger partial charge in [-0.15, -0.1) is 4.33 Å². The van der Waals surface area contributed by atoms with E-state index in [2.05, 4.69) is 35.0 Å². The highest BCUT2D eigenvalue weighted by atomic mass is 35.5. The molecule has 1 heterocycles. The number of aromatic nitrogens is 3. The maximum atomic E-state index is 12.2. The minimum atomic E-state index is -3.44. The Labute approximate surface area is 198 Å². The molecule has 0 radical (unpaired) electrons. The fraction of sp³-hybridized carbons (Fsp3) is 0.167. The molecular formula is C18H19ClN6O6S2. The first-order valence-corrected chi connectivity index (χ1v) is 11.9. The molecule has 3 rings (SSSR count). The highest BCUT2D eigenvalue weighted by Gasteiger charge is 2.14. The van der Waals surface area contributed by atoms with Crippen molar-refractivity contribution in [2.45, 2.75) is 9.79 Å². The van der Waals surface area contributed by atoms with Gasteiger partial charge in [0.25, 0.3) is 0 Å². The van der Waals surface area contributed by atoms with E-state index in [1.807, 2.05) is 0 Å². The summed E-state index contributed by atoms with van der Waals surface area (Å²) in [6.45, 7) is 0.111. The van der Waals surface area contributed by atoms with E-state index in [1.54, 1.807) is 30.3 Å². The third-order valence-electron chi connectivity index (χ3n) is 4.05. The van der Waals surface area contributed by atoms with Crippen LogP contribution in [0.1, 0.15) is 0 Å². The number of nitrogens with zero attached hydrogens (tertiary/aromatic N) is 3. The van der Waals surface area contributed by atoms with Crippen LogP contribution >= 0.6 is 23.6 Å². The SMILES string of the molecule is COCCS(=O)(=O)c1ccc(Nc2nc(Cl)nc(Nc3ccc(SOOO)c(N)c3)n2)cc1. The van der Waals surface area contributed by atoms with E-state index >= 15 is 0 Å². The number of hydrogen-bond acceptors (Lipinski definition) is 13. The summed E-state index contributed by atoms with van der Waals surface area (Å²) in [5.74, 6) is 0.174. The van der Waals surface area contributed by atoms with Gasteiger partial charge in [-0.1, -0.05) is 5.04 Å². The van der Waals surface area contributed by atoms with E-state index in [-0.39, 0.29) is 34.4 Å². The van der Waals surface area contributed by atoms with Crippen LogP contribution in [0.15, 0.2) is 52.3 Å². The molecule has 0 aliphatic rings. The molecule has 176 valence electrons. The van der Waals surface area contributed by atoms with Crippen LogP contribution in [0, 0.1) is 0 Å². The van der Waals surface area contributed by atoms with Gasteiger partial charge < -0.3 is 21.1 Å². The fourth-order valence-corrected chi connectivity index (χ4v) is 4.25. The molecule has 1 aromatic heterocycles. The van der Waals surface area contributed by atoms with E-state index in [0.717, 1.165) is 12.0 Å². The number of sulfone groups is 1. The third kappa shape index (κ3) is 7.13. The summed E-state index contributed by atoms with van der Waals surface area (Å²) in [5, 5.41) is 17.6. The monoisotopic (exact) mass is 514 g/mol. The lowest BCUT2D eigenvalue weighted by atomic mass is 10.3. The van der Waals surface area contributed by atoms with Crippen molar-refractivity contribution in [3.8, 4) is 0 Å². The lowest BCUT2D eigenvalue weighted by molar-refractivity contribution is -0.432. The van der Waals surface area contributed by atoms with Crippen molar-refractivity contribution in [1.82, 2.24) is 15.0 Å². The number of nitrogen functional groups attached to an aromatic ring is 1. The van der Waals surface area contributed by atoms with Crippen molar-refractivity contribution >= 4 is 62.4 Å². The van der Waals surface area contributed by atoms with E-state index in [0.29, 0.717) is 22.0 Å². The number of methoxy groups -OCH3 is 1. The van der Waals surface area contributed by atoms with Gasteiger partial charge in [-0.05, 0) is 54.1 Å². The first-order valence-electron chi connectivity index (χ1n) is 9.12. The molecule has 3 aromatic rings. The van der Waals surface area contributed by atoms with Gasteiger partial charge in [-0.25, -0.2) is 13.7 Å². The minimum Gasteiger partial charge on any atom is -0.398 e. The summed E-state index contributed by atoms with van der Waals surface area (Å²) in [6.07, 6.45) is 0.